The van der Waals surface area contributed by atoms with E-state index >= 15 is 0 Å². The Morgan fingerprint density at radius 2 is 2.11 bits per heavy atom. The minimum absolute atomic E-state index is 0.440. The van der Waals surface area contributed by atoms with E-state index in [1.54, 1.807) is 0 Å². The molecule has 0 saturated carbocycles. The van der Waals surface area contributed by atoms with Crippen molar-refractivity contribution in [2.45, 2.75) is 53.1 Å². The summed E-state index contributed by atoms with van der Waals surface area (Å²) in [4.78, 5) is 8.68. The van der Waals surface area contributed by atoms with Gasteiger partial charge < -0.3 is 0 Å². The van der Waals surface area contributed by atoms with Crippen molar-refractivity contribution in [1.82, 2.24) is 9.88 Å². The maximum Gasteiger partial charge on any atom is 0.119 e. The molecule has 0 bridgehead atoms. The molecule has 0 saturated heterocycles. The predicted octanol–water partition coefficient (Wildman–Crippen LogP) is 4.32. The standard InChI is InChI=1S/C16H24N2S/c1-16(2,3)12-7-5-11(6-8-12)15-17-13-9-18(4)10-14(13)19-15/h5,12H,6-10H2,1-4H3. The molecule has 1 aromatic rings. The Morgan fingerprint density at radius 1 is 1.32 bits per heavy atom. The van der Waals surface area contributed by atoms with E-state index < -0.39 is 0 Å². The van der Waals surface area contributed by atoms with Crippen molar-refractivity contribution in [3.8, 4) is 0 Å². The molecular weight excluding hydrogens is 252 g/mol. The Kier molecular flexibility index (Phi) is 3.30. The van der Waals surface area contributed by atoms with Gasteiger partial charge in [0.2, 0.25) is 0 Å². The summed E-state index contributed by atoms with van der Waals surface area (Å²) in [6, 6.07) is 0. The molecule has 1 aromatic heterocycles. The first-order chi connectivity index (χ1) is 8.93. The van der Waals surface area contributed by atoms with Crippen LogP contribution in [0.3, 0.4) is 0 Å². The molecule has 0 fully saturated rings. The molecule has 0 spiro atoms. The van der Waals surface area contributed by atoms with Crippen molar-refractivity contribution in [2.75, 3.05) is 7.05 Å². The Balaban J connectivity index is 1.75. The lowest BCUT2D eigenvalue weighted by Gasteiger charge is -2.33. The predicted molar refractivity (Wildman–Crippen MR) is 82.1 cm³/mol. The second-order valence-corrected chi connectivity index (χ2v) is 8.21. The van der Waals surface area contributed by atoms with E-state index in [1.807, 2.05) is 11.3 Å². The van der Waals surface area contributed by atoms with Crippen LogP contribution in [0, 0.1) is 11.3 Å². The molecule has 104 valence electrons. The molecule has 2 nitrogen and oxygen atoms in total. The van der Waals surface area contributed by atoms with Crippen LogP contribution < -0.4 is 0 Å². The third-order valence-electron chi connectivity index (χ3n) is 4.52. The number of hydrogen-bond acceptors (Lipinski definition) is 3. The highest BCUT2D eigenvalue weighted by atomic mass is 32.1. The Bertz CT molecular complexity index is 484. The lowest BCUT2D eigenvalue weighted by Crippen LogP contribution is -2.21. The highest BCUT2D eigenvalue weighted by Gasteiger charge is 2.28. The average molecular weight is 276 g/mol. The zero-order chi connectivity index (χ0) is 13.6. The number of aromatic nitrogens is 1. The van der Waals surface area contributed by atoms with Gasteiger partial charge in [0.05, 0.1) is 5.69 Å². The highest BCUT2D eigenvalue weighted by molar-refractivity contribution is 7.12. The van der Waals surface area contributed by atoms with Crippen LogP contribution >= 0.6 is 11.3 Å². The quantitative estimate of drug-likeness (QED) is 0.759. The van der Waals surface area contributed by atoms with Gasteiger partial charge in [0.15, 0.2) is 0 Å². The molecule has 1 atom stereocenters. The fourth-order valence-corrected chi connectivity index (χ4v) is 4.36. The molecule has 0 radical (unpaired) electrons. The molecule has 2 heterocycles. The van der Waals surface area contributed by atoms with Gasteiger partial charge in [0.25, 0.3) is 0 Å². The molecule has 1 aliphatic heterocycles. The van der Waals surface area contributed by atoms with E-state index in [-0.39, 0.29) is 0 Å². The molecule has 0 aromatic carbocycles. The lowest BCUT2D eigenvalue weighted by atomic mass is 9.73. The Labute approximate surface area is 120 Å². The summed E-state index contributed by atoms with van der Waals surface area (Å²) in [5, 5.41) is 1.30. The van der Waals surface area contributed by atoms with Crippen LogP contribution in [-0.2, 0) is 13.1 Å². The first kappa shape index (κ1) is 13.3. The Morgan fingerprint density at radius 3 is 2.68 bits per heavy atom. The van der Waals surface area contributed by atoms with Crippen LogP contribution in [0.15, 0.2) is 6.08 Å². The smallest absolute Gasteiger partial charge is 0.119 e. The van der Waals surface area contributed by atoms with Gasteiger partial charge in [-0.15, -0.1) is 11.3 Å². The number of fused-ring (bicyclic) bond motifs is 1. The van der Waals surface area contributed by atoms with E-state index in [0.29, 0.717) is 5.41 Å². The van der Waals surface area contributed by atoms with Gasteiger partial charge in [-0.25, -0.2) is 4.98 Å². The zero-order valence-electron chi connectivity index (χ0n) is 12.5. The number of hydrogen-bond donors (Lipinski definition) is 0. The van der Waals surface area contributed by atoms with Crippen molar-refractivity contribution in [2.24, 2.45) is 11.3 Å². The summed E-state index contributed by atoms with van der Waals surface area (Å²) in [5.41, 5.74) is 3.26. The monoisotopic (exact) mass is 276 g/mol. The maximum atomic E-state index is 4.86. The highest BCUT2D eigenvalue weighted by Crippen LogP contribution is 2.41. The van der Waals surface area contributed by atoms with E-state index in [4.69, 9.17) is 4.98 Å². The first-order valence-electron chi connectivity index (χ1n) is 7.30. The van der Waals surface area contributed by atoms with Gasteiger partial charge in [-0.2, -0.15) is 0 Å². The van der Waals surface area contributed by atoms with Crippen LogP contribution in [0.4, 0.5) is 0 Å². The number of allylic oxidation sites excluding steroid dienone is 2. The van der Waals surface area contributed by atoms with E-state index in [2.05, 4.69) is 38.8 Å². The molecule has 1 unspecified atom stereocenters. The van der Waals surface area contributed by atoms with Gasteiger partial charge in [-0.05, 0) is 43.2 Å². The number of thiazole rings is 1. The molecule has 19 heavy (non-hydrogen) atoms. The van der Waals surface area contributed by atoms with Crippen molar-refractivity contribution in [3.63, 3.8) is 0 Å². The lowest BCUT2D eigenvalue weighted by molar-refractivity contribution is 0.225. The topological polar surface area (TPSA) is 16.1 Å². The van der Waals surface area contributed by atoms with Crippen molar-refractivity contribution >= 4 is 16.9 Å². The second kappa shape index (κ2) is 4.71. The fraction of sp³-hybridized carbons (Fsp3) is 0.688. The summed E-state index contributed by atoms with van der Waals surface area (Å²) < 4.78 is 0. The third-order valence-corrected chi connectivity index (χ3v) is 5.68. The second-order valence-electron chi connectivity index (χ2n) is 7.13. The summed E-state index contributed by atoms with van der Waals surface area (Å²) >= 11 is 1.92. The van der Waals surface area contributed by atoms with Gasteiger partial charge in [-0.3, -0.25) is 4.90 Å². The van der Waals surface area contributed by atoms with Crippen LogP contribution in [0.1, 0.15) is 55.6 Å². The third kappa shape index (κ3) is 2.63. The van der Waals surface area contributed by atoms with Crippen LogP contribution in [0.5, 0.6) is 0 Å². The van der Waals surface area contributed by atoms with Crippen LogP contribution in [-0.4, -0.2) is 16.9 Å². The molecular formula is C16H24N2S. The summed E-state index contributed by atoms with van der Waals surface area (Å²) in [5.74, 6) is 0.828. The number of nitrogens with zero attached hydrogens (tertiary/aromatic N) is 2. The minimum Gasteiger partial charge on any atom is -0.295 e. The van der Waals surface area contributed by atoms with Gasteiger partial charge in [-0.1, -0.05) is 26.8 Å². The summed E-state index contributed by atoms with van der Waals surface area (Å²) in [6.07, 6.45) is 6.21. The maximum absolute atomic E-state index is 4.86. The van der Waals surface area contributed by atoms with Crippen LogP contribution in [0.2, 0.25) is 0 Å². The van der Waals surface area contributed by atoms with Gasteiger partial charge in [0, 0.05) is 18.0 Å². The van der Waals surface area contributed by atoms with E-state index in [0.717, 1.165) is 19.0 Å². The minimum atomic E-state index is 0.440. The molecule has 3 heteroatoms. The van der Waals surface area contributed by atoms with Crippen molar-refractivity contribution in [3.05, 3.63) is 21.7 Å². The molecule has 0 N–H and O–H groups in total. The fourth-order valence-electron chi connectivity index (χ4n) is 3.14. The van der Waals surface area contributed by atoms with Crippen molar-refractivity contribution < 1.29 is 0 Å². The van der Waals surface area contributed by atoms with Crippen molar-refractivity contribution in [1.29, 1.82) is 0 Å². The zero-order valence-corrected chi connectivity index (χ0v) is 13.3. The van der Waals surface area contributed by atoms with Gasteiger partial charge >= 0.3 is 0 Å². The number of rotatable bonds is 1. The molecule has 2 aliphatic rings. The molecule has 3 rings (SSSR count). The van der Waals surface area contributed by atoms with Crippen LogP contribution in [0.25, 0.3) is 5.57 Å². The largest absolute Gasteiger partial charge is 0.295 e. The summed E-state index contributed by atoms with van der Waals surface area (Å²) in [7, 11) is 2.17. The Hall–Kier alpha value is -0.670. The molecule has 1 aliphatic carbocycles. The SMILES string of the molecule is CN1Cc2nc(C3=CCC(C(C)(C)C)CC3)sc2C1. The molecule has 0 amide bonds. The van der Waals surface area contributed by atoms with Gasteiger partial charge in [0.1, 0.15) is 5.01 Å². The normalized spacial score (nSPS) is 24.4. The van der Waals surface area contributed by atoms with E-state index in [1.165, 1.54) is 40.4 Å². The summed E-state index contributed by atoms with van der Waals surface area (Å²) in [6.45, 7) is 9.22. The first-order valence-corrected chi connectivity index (χ1v) is 8.11. The van der Waals surface area contributed by atoms with E-state index in [9.17, 15) is 0 Å². The average Bonchev–Trinajstić information content (AvgIpc) is 2.85.